The minimum Gasteiger partial charge on any atom is -0.480 e. The lowest BCUT2D eigenvalue weighted by atomic mass is 9.96. The molecular weight excluding hydrogens is 246 g/mol. The highest BCUT2D eigenvalue weighted by Gasteiger charge is 2.33. The third-order valence-corrected chi connectivity index (χ3v) is 3.03. The highest BCUT2D eigenvalue weighted by atomic mass is 16.4. The molecule has 0 spiro atoms. The Morgan fingerprint density at radius 1 is 1.42 bits per heavy atom. The van der Waals surface area contributed by atoms with E-state index < -0.39 is 11.5 Å². The Bertz CT molecular complexity index is 452. The lowest BCUT2D eigenvalue weighted by Crippen LogP contribution is -2.52. The summed E-state index contributed by atoms with van der Waals surface area (Å²) in [6, 6.07) is 3.66. The van der Waals surface area contributed by atoms with Crippen molar-refractivity contribution in [2.75, 3.05) is 0 Å². The second-order valence-corrected chi connectivity index (χ2v) is 4.95. The molecule has 0 aromatic carbocycles. The fourth-order valence-electron chi connectivity index (χ4n) is 1.95. The van der Waals surface area contributed by atoms with Gasteiger partial charge in [-0.05, 0) is 32.4 Å². The second-order valence-electron chi connectivity index (χ2n) is 4.95. The van der Waals surface area contributed by atoms with Crippen molar-refractivity contribution in [3.63, 3.8) is 0 Å². The quantitative estimate of drug-likeness (QED) is 0.794. The van der Waals surface area contributed by atoms with Gasteiger partial charge in [-0.2, -0.15) is 0 Å². The molecule has 5 nitrogen and oxygen atoms in total. The van der Waals surface area contributed by atoms with Gasteiger partial charge in [0.05, 0.1) is 0 Å². The molecule has 0 bridgehead atoms. The van der Waals surface area contributed by atoms with Crippen molar-refractivity contribution in [2.24, 2.45) is 0 Å². The number of aliphatic carboxylic acids is 1. The van der Waals surface area contributed by atoms with Gasteiger partial charge in [0, 0.05) is 12.8 Å². The first-order chi connectivity index (χ1) is 8.87. The fraction of sp³-hybridized carbons (Fsp3) is 0.571. The van der Waals surface area contributed by atoms with E-state index in [1.165, 1.54) is 6.92 Å². The van der Waals surface area contributed by atoms with Gasteiger partial charge in [0.1, 0.15) is 17.1 Å². The van der Waals surface area contributed by atoms with Crippen molar-refractivity contribution in [2.45, 2.75) is 52.0 Å². The maximum Gasteiger partial charge on any atom is 0.329 e. The summed E-state index contributed by atoms with van der Waals surface area (Å²) in [5, 5.41) is 11.8. The number of carboxylic acids is 1. The minimum absolute atomic E-state index is 0.222. The van der Waals surface area contributed by atoms with Crippen LogP contribution in [0.4, 0.5) is 0 Å². The molecule has 0 unspecified atom stereocenters. The number of amides is 1. The number of furan rings is 1. The molecule has 106 valence electrons. The molecule has 19 heavy (non-hydrogen) atoms. The third kappa shape index (κ3) is 4.43. The average Bonchev–Trinajstić information content (AvgIpc) is 2.72. The summed E-state index contributed by atoms with van der Waals surface area (Å²) in [6.45, 7) is 5.26. The lowest BCUT2D eigenvalue weighted by Gasteiger charge is -2.25. The van der Waals surface area contributed by atoms with Crippen LogP contribution < -0.4 is 5.32 Å². The molecule has 1 amide bonds. The summed E-state index contributed by atoms with van der Waals surface area (Å²) in [5.74, 6) is 0.265. The number of carbonyl (C=O) groups is 2. The van der Waals surface area contributed by atoms with Gasteiger partial charge in [-0.25, -0.2) is 4.79 Å². The third-order valence-electron chi connectivity index (χ3n) is 3.03. The number of rotatable bonds is 7. The zero-order valence-electron chi connectivity index (χ0n) is 11.7. The molecule has 0 radical (unpaired) electrons. The van der Waals surface area contributed by atoms with Crippen LogP contribution in [-0.2, 0) is 16.0 Å². The molecule has 0 aliphatic rings. The van der Waals surface area contributed by atoms with Gasteiger partial charge in [-0.15, -0.1) is 0 Å². The maximum atomic E-state index is 11.8. The lowest BCUT2D eigenvalue weighted by molar-refractivity contribution is -0.147. The molecule has 2 N–H and O–H groups in total. The number of aryl methyl sites for hydroxylation is 2. The molecule has 1 rings (SSSR count). The Morgan fingerprint density at radius 2 is 2.11 bits per heavy atom. The van der Waals surface area contributed by atoms with Gasteiger partial charge in [-0.3, -0.25) is 4.79 Å². The topological polar surface area (TPSA) is 79.5 Å². The van der Waals surface area contributed by atoms with E-state index in [9.17, 15) is 9.59 Å². The number of nitrogens with one attached hydrogen (secondary N) is 1. The van der Waals surface area contributed by atoms with Crippen molar-refractivity contribution in [3.8, 4) is 0 Å². The van der Waals surface area contributed by atoms with Gasteiger partial charge < -0.3 is 14.8 Å². The zero-order chi connectivity index (χ0) is 14.5. The molecule has 1 atom stereocenters. The molecule has 5 heteroatoms. The summed E-state index contributed by atoms with van der Waals surface area (Å²) in [5.41, 5.74) is -1.19. The largest absolute Gasteiger partial charge is 0.480 e. The summed E-state index contributed by atoms with van der Waals surface area (Å²) in [4.78, 5) is 23.0. The molecule has 1 aromatic heterocycles. The highest BCUT2D eigenvalue weighted by molar-refractivity contribution is 5.86. The first-order valence-corrected chi connectivity index (χ1v) is 6.47. The van der Waals surface area contributed by atoms with Crippen LogP contribution in [0.2, 0.25) is 0 Å². The molecule has 0 saturated carbocycles. The predicted molar refractivity (Wildman–Crippen MR) is 70.9 cm³/mol. The Labute approximate surface area is 113 Å². The first-order valence-electron chi connectivity index (χ1n) is 6.47. The van der Waals surface area contributed by atoms with E-state index >= 15 is 0 Å². The highest BCUT2D eigenvalue weighted by Crippen LogP contribution is 2.14. The monoisotopic (exact) mass is 267 g/mol. The van der Waals surface area contributed by atoms with Gasteiger partial charge >= 0.3 is 5.97 Å². The Hall–Kier alpha value is -1.78. The van der Waals surface area contributed by atoms with Crippen LogP contribution in [-0.4, -0.2) is 22.5 Å². The van der Waals surface area contributed by atoms with Crippen molar-refractivity contribution in [1.82, 2.24) is 5.32 Å². The Kier molecular flexibility index (Phi) is 5.15. The van der Waals surface area contributed by atoms with E-state index in [1.54, 1.807) is 0 Å². The second kappa shape index (κ2) is 6.41. The zero-order valence-corrected chi connectivity index (χ0v) is 11.7. The van der Waals surface area contributed by atoms with E-state index in [4.69, 9.17) is 9.52 Å². The van der Waals surface area contributed by atoms with E-state index in [2.05, 4.69) is 5.32 Å². The van der Waals surface area contributed by atoms with E-state index in [-0.39, 0.29) is 12.3 Å². The average molecular weight is 267 g/mol. The SMILES string of the molecule is CCC[C@@](C)(NC(=O)CCc1ccc(C)o1)C(=O)O. The summed E-state index contributed by atoms with van der Waals surface area (Å²) in [6.07, 6.45) is 1.80. The van der Waals surface area contributed by atoms with Crippen LogP contribution in [0.5, 0.6) is 0 Å². The number of hydrogen-bond donors (Lipinski definition) is 2. The predicted octanol–water partition coefficient (Wildman–Crippen LogP) is 2.28. The number of carboxylic acid groups (broad SMARTS) is 1. The summed E-state index contributed by atoms with van der Waals surface area (Å²) in [7, 11) is 0. The van der Waals surface area contributed by atoms with Crippen LogP contribution in [0.3, 0.4) is 0 Å². The molecule has 1 aromatic rings. The van der Waals surface area contributed by atoms with Gasteiger partial charge in [0.25, 0.3) is 0 Å². The molecule has 0 fully saturated rings. The maximum absolute atomic E-state index is 11.8. The van der Waals surface area contributed by atoms with Gasteiger partial charge in [-0.1, -0.05) is 13.3 Å². The molecular formula is C14H21NO4. The Morgan fingerprint density at radius 3 is 2.58 bits per heavy atom. The van der Waals surface area contributed by atoms with Crippen molar-refractivity contribution in [3.05, 3.63) is 23.7 Å². The summed E-state index contributed by atoms with van der Waals surface area (Å²) < 4.78 is 5.36. The van der Waals surface area contributed by atoms with Crippen LogP contribution in [0.25, 0.3) is 0 Å². The smallest absolute Gasteiger partial charge is 0.329 e. The molecule has 0 aliphatic heterocycles. The molecule has 0 aliphatic carbocycles. The summed E-state index contributed by atoms with van der Waals surface area (Å²) >= 11 is 0. The van der Waals surface area contributed by atoms with Crippen LogP contribution in [0, 0.1) is 6.92 Å². The van der Waals surface area contributed by atoms with Crippen LogP contribution >= 0.6 is 0 Å². The normalized spacial score (nSPS) is 13.8. The Balaban J connectivity index is 2.51. The number of hydrogen-bond acceptors (Lipinski definition) is 3. The van der Waals surface area contributed by atoms with E-state index in [0.717, 1.165) is 11.5 Å². The van der Waals surface area contributed by atoms with Crippen molar-refractivity contribution >= 4 is 11.9 Å². The van der Waals surface area contributed by atoms with Crippen LogP contribution in [0.15, 0.2) is 16.5 Å². The van der Waals surface area contributed by atoms with Gasteiger partial charge in [0.2, 0.25) is 5.91 Å². The number of carbonyl (C=O) groups excluding carboxylic acids is 1. The fourth-order valence-corrected chi connectivity index (χ4v) is 1.95. The standard InChI is InChI=1S/C14H21NO4/c1-4-9-14(3,13(17)18)15-12(16)8-7-11-6-5-10(2)19-11/h5-6H,4,7-9H2,1-3H3,(H,15,16)(H,17,18)/t14-/m1/s1. The van der Waals surface area contributed by atoms with Crippen LogP contribution in [0.1, 0.15) is 44.6 Å². The van der Waals surface area contributed by atoms with Crippen molar-refractivity contribution in [1.29, 1.82) is 0 Å². The van der Waals surface area contributed by atoms with Gasteiger partial charge in [0.15, 0.2) is 0 Å². The first kappa shape index (κ1) is 15.3. The minimum atomic E-state index is -1.19. The van der Waals surface area contributed by atoms with E-state index in [1.807, 2.05) is 26.0 Å². The molecule has 0 saturated heterocycles. The van der Waals surface area contributed by atoms with Crippen molar-refractivity contribution < 1.29 is 19.1 Å². The van der Waals surface area contributed by atoms with E-state index in [0.29, 0.717) is 19.3 Å². The molecule has 1 heterocycles.